The Kier molecular flexibility index (Phi) is 4.77. The Morgan fingerprint density at radius 3 is 2.43 bits per heavy atom. The van der Waals surface area contributed by atoms with Crippen LogP contribution < -0.4 is 14.8 Å². The summed E-state index contributed by atoms with van der Waals surface area (Å²) in [5.74, 6) is 1.57. The van der Waals surface area contributed by atoms with Crippen molar-refractivity contribution < 1.29 is 18.3 Å². The Hall–Kier alpha value is -3.87. The van der Waals surface area contributed by atoms with Crippen LogP contribution in [0.5, 0.6) is 11.5 Å². The van der Waals surface area contributed by atoms with Crippen molar-refractivity contribution in [1.82, 2.24) is 10.2 Å². The van der Waals surface area contributed by atoms with Crippen molar-refractivity contribution in [2.24, 2.45) is 0 Å². The van der Waals surface area contributed by atoms with Crippen LogP contribution in [0.25, 0.3) is 11.5 Å². The molecule has 0 saturated heterocycles. The molecule has 7 heteroatoms. The lowest BCUT2D eigenvalue weighted by Crippen LogP contribution is -2.17. The normalized spacial score (nSPS) is 13.6. The molecule has 1 unspecified atom stereocenters. The second-order valence-electron chi connectivity index (χ2n) is 6.77. The number of fused-ring (bicyclic) bond motifs is 1. The number of hydrogen-bond acceptors (Lipinski definition) is 6. The molecule has 0 bridgehead atoms. The van der Waals surface area contributed by atoms with E-state index < -0.39 is 6.04 Å². The molecule has 2 heterocycles. The standard InChI is InChI=1S/C23H18FN3O3/c24-18-9-5-4-8-17(18)21(23-27-26-22(30-23)15-6-2-1-3-7-15)25-16-10-11-19-20(14-16)29-13-12-28-19/h1-11,14,21,25H,12-13H2. The van der Waals surface area contributed by atoms with E-state index in [4.69, 9.17) is 13.9 Å². The van der Waals surface area contributed by atoms with E-state index in [2.05, 4.69) is 15.5 Å². The molecule has 150 valence electrons. The van der Waals surface area contributed by atoms with Crippen molar-refractivity contribution in [3.63, 3.8) is 0 Å². The van der Waals surface area contributed by atoms with Crippen LogP contribution in [0, 0.1) is 5.82 Å². The van der Waals surface area contributed by atoms with Crippen LogP contribution in [0.15, 0.2) is 77.2 Å². The maximum Gasteiger partial charge on any atom is 0.247 e. The minimum atomic E-state index is -0.682. The Balaban J connectivity index is 1.52. The summed E-state index contributed by atoms with van der Waals surface area (Å²) in [5.41, 5.74) is 1.91. The van der Waals surface area contributed by atoms with E-state index in [0.29, 0.717) is 41.9 Å². The van der Waals surface area contributed by atoms with Gasteiger partial charge in [0.1, 0.15) is 25.1 Å². The van der Waals surface area contributed by atoms with Crippen molar-refractivity contribution in [3.8, 4) is 23.0 Å². The fourth-order valence-corrected chi connectivity index (χ4v) is 3.33. The Labute approximate surface area is 172 Å². The van der Waals surface area contributed by atoms with Gasteiger partial charge in [-0.3, -0.25) is 0 Å². The van der Waals surface area contributed by atoms with Gasteiger partial charge >= 0.3 is 0 Å². The third kappa shape index (κ3) is 3.57. The predicted octanol–water partition coefficient (Wildman–Crippen LogP) is 4.85. The molecule has 0 fully saturated rings. The number of benzene rings is 3. The van der Waals surface area contributed by atoms with E-state index in [1.54, 1.807) is 18.2 Å². The summed E-state index contributed by atoms with van der Waals surface area (Å²) in [6.07, 6.45) is 0. The predicted molar refractivity (Wildman–Crippen MR) is 109 cm³/mol. The Morgan fingerprint density at radius 2 is 1.60 bits per heavy atom. The lowest BCUT2D eigenvalue weighted by Gasteiger charge is -2.21. The number of aromatic nitrogens is 2. The first-order chi connectivity index (χ1) is 14.8. The number of nitrogens with zero attached hydrogens (tertiary/aromatic N) is 2. The molecule has 1 aliphatic rings. The highest BCUT2D eigenvalue weighted by atomic mass is 19.1. The molecule has 0 radical (unpaired) electrons. The van der Waals surface area contributed by atoms with Gasteiger partial charge in [-0.15, -0.1) is 10.2 Å². The summed E-state index contributed by atoms with van der Waals surface area (Å²) in [7, 11) is 0. The van der Waals surface area contributed by atoms with Gasteiger partial charge in [0.2, 0.25) is 11.8 Å². The zero-order valence-electron chi connectivity index (χ0n) is 15.9. The number of anilines is 1. The van der Waals surface area contributed by atoms with Crippen LogP contribution in [0.1, 0.15) is 17.5 Å². The van der Waals surface area contributed by atoms with Gasteiger partial charge in [-0.05, 0) is 30.3 Å². The summed E-state index contributed by atoms with van der Waals surface area (Å²) in [4.78, 5) is 0. The summed E-state index contributed by atoms with van der Waals surface area (Å²) >= 11 is 0. The molecule has 0 aliphatic carbocycles. The molecule has 4 aromatic rings. The van der Waals surface area contributed by atoms with Crippen LogP contribution in [-0.4, -0.2) is 23.4 Å². The highest BCUT2D eigenvalue weighted by Crippen LogP contribution is 2.35. The van der Waals surface area contributed by atoms with Crippen LogP contribution in [0.3, 0.4) is 0 Å². The fourth-order valence-electron chi connectivity index (χ4n) is 3.33. The lowest BCUT2D eigenvalue weighted by atomic mass is 10.1. The van der Waals surface area contributed by atoms with E-state index in [1.165, 1.54) is 6.07 Å². The molecule has 1 atom stereocenters. The number of hydrogen-bond donors (Lipinski definition) is 1. The lowest BCUT2D eigenvalue weighted by molar-refractivity contribution is 0.171. The van der Waals surface area contributed by atoms with Gasteiger partial charge < -0.3 is 19.2 Å². The van der Waals surface area contributed by atoms with Gasteiger partial charge in [0.15, 0.2) is 11.5 Å². The number of ether oxygens (including phenoxy) is 2. The summed E-state index contributed by atoms with van der Waals surface area (Å²) in [5, 5.41) is 11.6. The van der Waals surface area contributed by atoms with Gasteiger partial charge in [-0.2, -0.15) is 0 Å². The smallest absolute Gasteiger partial charge is 0.247 e. The molecular formula is C23H18FN3O3. The molecule has 3 aromatic carbocycles. The first-order valence-electron chi connectivity index (χ1n) is 9.57. The van der Waals surface area contributed by atoms with Crippen molar-refractivity contribution >= 4 is 5.69 Å². The minimum absolute atomic E-state index is 0.258. The molecule has 1 aromatic heterocycles. The SMILES string of the molecule is Fc1ccccc1C(Nc1ccc2c(c1)OCCO2)c1nnc(-c2ccccc2)o1. The van der Waals surface area contributed by atoms with Crippen molar-refractivity contribution in [3.05, 3.63) is 90.1 Å². The van der Waals surface area contributed by atoms with E-state index in [9.17, 15) is 4.39 Å². The largest absolute Gasteiger partial charge is 0.486 e. The Bertz CT molecular complexity index is 1160. The van der Waals surface area contributed by atoms with Gasteiger partial charge in [0.05, 0.1) is 0 Å². The van der Waals surface area contributed by atoms with Gasteiger partial charge in [0.25, 0.3) is 0 Å². The molecule has 30 heavy (non-hydrogen) atoms. The van der Waals surface area contributed by atoms with Crippen molar-refractivity contribution in [1.29, 1.82) is 0 Å². The highest BCUT2D eigenvalue weighted by Gasteiger charge is 2.25. The molecule has 0 saturated carbocycles. The molecule has 1 aliphatic heterocycles. The summed E-state index contributed by atoms with van der Waals surface area (Å²) in [6, 6.07) is 20.7. The monoisotopic (exact) mass is 403 g/mol. The second-order valence-corrected chi connectivity index (χ2v) is 6.77. The van der Waals surface area contributed by atoms with E-state index >= 15 is 0 Å². The zero-order valence-corrected chi connectivity index (χ0v) is 15.9. The number of halogens is 1. The molecule has 1 N–H and O–H groups in total. The van der Waals surface area contributed by atoms with Crippen molar-refractivity contribution in [2.45, 2.75) is 6.04 Å². The topological polar surface area (TPSA) is 69.4 Å². The quantitative estimate of drug-likeness (QED) is 0.514. The van der Waals surface area contributed by atoms with Crippen LogP contribution >= 0.6 is 0 Å². The van der Waals surface area contributed by atoms with Crippen molar-refractivity contribution in [2.75, 3.05) is 18.5 Å². The van der Waals surface area contributed by atoms with Gasteiger partial charge in [-0.25, -0.2) is 4.39 Å². The molecule has 6 nitrogen and oxygen atoms in total. The summed E-state index contributed by atoms with van der Waals surface area (Å²) in [6.45, 7) is 0.999. The fraction of sp³-hybridized carbons (Fsp3) is 0.130. The maximum atomic E-state index is 14.7. The van der Waals surface area contributed by atoms with Gasteiger partial charge in [0, 0.05) is 22.9 Å². The van der Waals surface area contributed by atoms with Crippen LogP contribution in [0.4, 0.5) is 10.1 Å². The second kappa shape index (κ2) is 7.87. The maximum absolute atomic E-state index is 14.7. The van der Waals surface area contributed by atoms with Crippen LogP contribution in [-0.2, 0) is 0 Å². The minimum Gasteiger partial charge on any atom is -0.486 e. The average molecular weight is 403 g/mol. The summed E-state index contributed by atoms with van der Waals surface area (Å²) < 4.78 is 31.8. The highest BCUT2D eigenvalue weighted by molar-refractivity contribution is 5.57. The molecule has 0 spiro atoms. The molecule has 0 amide bonds. The van der Waals surface area contributed by atoms with Gasteiger partial charge in [-0.1, -0.05) is 36.4 Å². The van der Waals surface area contributed by atoms with E-state index in [1.807, 2.05) is 48.5 Å². The molecule has 5 rings (SSSR count). The third-order valence-electron chi connectivity index (χ3n) is 4.78. The van der Waals surface area contributed by atoms with E-state index in [-0.39, 0.29) is 11.7 Å². The third-order valence-corrected chi connectivity index (χ3v) is 4.78. The van der Waals surface area contributed by atoms with Crippen LogP contribution in [0.2, 0.25) is 0 Å². The molecular weight excluding hydrogens is 385 g/mol. The first kappa shape index (κ1) is 18.2. The van der Waals surface area contributed by atoms with E-state index in [0.717, 1.165) is 5.56 Å². The number of rotatable bonds is 5. The number of nitrogens with one attached hydrogen (secondary N) is 1. The Morgan fingerprint density at radius 1 is 0.833 bits per heavy atom. The zero-order chi connectivity index (χ0) is 20.3. The average Bonchev–Trinajstić information content (AvgIpc) is 3.29. The first-order valence-corrected chi connectivity index (χ1v) is 9.57.